The van der Waals surface area contributed by atoms with Crippen molar-refractivity contribution in [1.29, 1.82) is 0 Å². The number of benzene rings is 1. The van der Waals surface area contributed by atoms with E-state index in [1.54, 1.807) is 0 Å². The molecular weight excluding hydrogens is 422 g/mol. The van der Waals surface area contributed by atoms with E-state index in [4.69, 9.17) is 18.6 Å². The molecule has 5 rings (SSSR count). The van der Waals surface area contributed by atoms with Crippen molar-refractivity contribution in [3.05, 3.63) is 58.6 Å². The highest BCUT2D eigenvalue weighted by atomic mass is 16.7. The molecule has 0 N–H and O–H groups in total. The Hall–Kier alpha value is -1.59. The molecule has 0 saturated carbocycles. The fourth-order valence-electron chi connectivity index (χ4n) is 5.40. The lowest BCUT2D eigenvalue weighted by molar-refractivity contribution is 0.00578. The van der Waals surface area contributed by atoms with Crippen LogP contribution in [0.1, 0.15) is 86.3 Å². The maximum Gasteiger partial charge on any atom is 0.494 e. The normalized spacial score (nSPS) is 29.8. The molecular formula is C28H38B2O4. The van der Waals surface area contributed by atoms with Crippen molar-refractivity contribution in [1.82, 2.24) is 0 Å². The second kappa shape index (κ2) is 7.46. The smallest absolute Gasteiger partial charge is 0.399 e. The van der Waals surface area contributed by atoms with E-state index in [0.29, 0.717) is 5.92 Å². The fraction of sp³-hybridized carbons (Fsp3) is 0.571. The molecule has 0 bridgehead atoms. The molecule has 2 aliphatic carbocycles. The molecule has 180 valence electrons. The molecule has 1 aromatic carbocycles. The van der Waals surface area contributed by atoms with E-state index in [9.17, 15) is 0 Å². The molecule has 2 heterocycles. The van der Waals surface area contributed by atoms with E-state index in [1.165, 1.54) is 22.3 Å². The summed E-state index contributed by atoms with van der Waals surface area (Å²) >= 11 is 0. The van der Waals surface area contributed by atoms with Crippen molar-refractivity contribution in [3.8, 4) is 0 Å². The van der Waals surface area contributed by atoms with Crippen LogP contribution in [0, 0.1) is 5.92 Å². The highest BCUT2D eigenvalue weighted by Crippen LogP contribution is 2.51. The van der Waals surface area contributed by atoms with Gasteiger partial charge in [-0.25, -0.2) is 0 Å². The van der Waals surface area contributed by atoms with Crippen LogP contribution in [-0.4, -0.2) is 36.6 Å². The van der Waals surface area contributed by atoms with Crippen LogP contribution in [0.15, 0.2) is 47.5 Å². The van der Waals surface area contributed by atoms with Crippen LogP contribution in [-0.2, 0) is 18.6 Å². The van der Waals surface area contributed by atoms with Gasteiger partial charge in [-0.2, -0.15) is 0 Å². The summed E-state index contributed by atoms with van der Waals surface area (Å²) < 4.78 is 25.4. The van der Waals surface area contributed by atoms with Gasteiger partial charge < -0.3 is 18.6 Å². The van der Waals surface area contributed by atoms with Gasteiger partial charge in [0.25, 0.3) is 0 Å². The monoisotopic (exact) mass is 460 g/mol. The number of hydrogen-bond donors (Lipinski definition) is 0. The fourth-order valence-corrected chi connectivity index (χ4v) is 5.40. The molecule has 1 aromatic rings. The number of allylic oxidation sites excluding steroid dienone is 6. The summed E-state index contributed by atoms with van der Waals surface area (Å²) in [6, 6.07) is 6.73. The average molecular weight is 460 g/mol. The van der Waals surface area contributed by atoms with Crippen LogP contribution in [0.4, 0.5) is 0 Å². The summed E-state index contributed by atoms with van der Waals surface area (Å²) in [6.45, 7) is 21.2. The zero-order valence-electron chi connectivity index (χ0n) is 22.4. The van der Waals surface area contributed by atoms with E-state index in [1.807, 2.05) is 0 Å². The first-order chi connectivity index (χ1) is 15.6. The summed E-state index contributed by atoms with van der Waals surface area (Å²) in [6.07, 6.45) is 6.89. The van der Waals surface area contributed by atoms with Crippen molar-refractivity contribution in [2.45, 2.75) is 97.6 Å². The third kappa shape index (κ3) is 3.52. The average Bonchev–Trinajstić information content (AvgIpc) is 3.24. The minimum Gasteiger partial charge on any atom is -0.399 e. The molecule has 2 aliphatic heterocycles. The summed E-state index contributed by atoms with van der Waals surface area (Å²) in [7, 11) is -0.702. The first-order valence-corrected chi connectivity index (χ1v) is 12.6. The summed E-state index contributed by atoms with van der Waals surface area (Å²) in [5, 5.41) is 0. The Bertz CT molecular complexity index is 1090. The second-order valence-corrected chi connectivity index (χ2v) is 12.5. The van der Waals surface area contributed by atoms with Gasteiger partial charge in [0, 0.05) is 11.8 Å². The van der Waals surface area contributed by atoms with Gasteiger partial charge in [0.2, 0.25) is 0 Å². The van der Waals surface area contributed by atoms with Crippen LogP contribution in [0.2, 0.25) is 0 Å². The molecule has 0 spiro atoms. The topological polar surface area (TPSA) is 36.9 Å². The molecule has 4 nitrogen and oxygen atoms in total. The van der Waals surface area contributed by atoms with Crippen LogP contribution >= 0.6 is 0 Å². The molecule has 2 saturated heterocycles. The van der Waals surface area contributed by atoms with Gasteiger partial charge in [-0.1, -0.05) is 42.0 Å². The molecule has 4 aliphatic rings. The van der Waals surface area contributed by atoms with Gasteiger partial charge in [-0.05, 0) is 96.9 Å². The van der Waals surface area contributed by atoms with Gasteiger partial charge in [0.1, 0.15) is 0 Å². The van der Waals surface area contributed by atoms with Crippen molar-refractivity contribution in [3.63, 3.8) is 0 Å². The first-order valence-electron chi connectivity index (χ1n) is 12.6. The van der Waals surface area contributed by atoms with E-state index in [0.717, 1.165) is 10.9 Å². The van der Waals surface area contributed by atoms with Gasteiger partial charge in [-0.3, -0.25) is 0 Å². The van der Waals surface area contributed by atoms with Crippen molar-refractivity contribution < 1.29 is 18.6 Å². The van der Waals surface area contributed by atoms with E-state index in [2.05, 4.69) is 106 Å². The Kier molecular flexibility index (Phi) is 5.29. The Morgan fingerprint density at radius 2 is 1.26 bits per heavy atom. The predicted octanol–water partition coefficient (Wildman–Crippen LogP) is 5.62. The molecule has 0 aromatic heterocycles. The summed E-state index contributed by atoms with van der Waals surface area (Å²) in [5.41, 5.74) is 6.17. The quantitative estimate of drug-likeness (QED) is 0.537. The zero-order chi connectivity index (χ0) is 24.8. The molecule has 34 heavy (non-hydrogen) atoms. The summed E-state index contributed by atoms with van der Waals surface area (Å²) in [5.74, 6) is 0.589. The van der Waals surface area contributed by atoms with Crippen molar-refractivity contribution in [2.75, 3.05) is 0 Å². The Morgan fingerprint density at radius 1 is 0.735 bits per heavy atom. The SMILES string of the molecule is CC(C)=C1c2cc(B3OC(C)(C)C(C)(C)O3)ccc2C2C=CC(B3OC(C)(C)C(C)(C)O3)=C[C@@H]12. The van der Waals surface area contributed by atoms with Crippen molar-refractivity contribution in [2.24, 2.45) is 5.92 Å². The predicted molar refractivity (Wildman–Crippen MR) is 140 cm³/mol. The van der Waals surface area contributed by atoms with Gasteiger partial charge in [-0.15, -0.1) is 0 Å². The standard InChI is InChI=1S/C28H38B2O4/c1-17(2)24-22-15-18(29-31-25(3,4)26(5,6)32-29)11-13-20(22)21-14-12-19(16-23(21)24)30-33-27(7,8)28(9,10)34-30/h11-16,20,22H,1-10H3/t20?,22-/m1/s1. The van der Waals surface area contributed by atoms with E-state index >= 15 is 0 Å². The highest BCUT2D eigenvalue weighted by molar-refractivity contribution is 6.62. The maximum absolute atomic E-state index is 6.36. The molecule has 2 fully saturated rings. The molecule has 6 heteroatoms. The minimum absolute atomic E-state index is 0.271. The second-order valence-electron chi connectivity index (χ2n) is 12.5. The highest BCUT2D eigenvalue weighted by Gasteiger charge is 2.54. The zero-order valence-corrected chi connectivity index (χ0v) is 22.4. The number of hydrogen-bond acceptors (Lipinski definition) is 4. The van der Waals surface area contributed by atoms with Gasteiger partial charge in [0.15, 0.2) is 0 Å². The Morgan fingerprint density at radius 3 is 1.79 bits per heavy atom. The molecule has 0 radical (unpaired) electrons. The maximum atomic E-state index is 6.36. The molecule has 0 amide bonds. The Balaban J connectivity index is 1.49. The van der Waals surface area contributed by atoms with Crippen LogP contribution in [0.25, 0.3) is 5.57 Å². The van der Waals surface area contributed by atoms with Crippen LogP contribution < -0.4 is 5.46 Å². The van der Waals surface area contributed by atoms with E-state index < -0.39 is 0 Å². The third-order valence-corrected chi connectivity index (χ3v) is 8.90. The number of rotatable bonds is 2. The van der Waals surface area contributed by atoms with Crippen LogP contribution in [0.5, 0.6) is 0 Å². The lowest BCUT2D eigenvalue weighted by atomic mass is 9.70. The van der Waals surface area contributed by atoms with Crippen molar-refractivity contribution >= 4 is 25.3 Å². The minimum atomic E-state index is -0.359. The Labute approximate surface area is 206 Å². The van der Waals surface area contributed by atoms with Gasteiger partial charge >= 0.3 is 14.2 Å². The van der Waals surface area contributed by atoms with Crippen LogP contribution in [0.3, 0.4) is 0 Å². The summed E-state index contributed by atoms with van der Waals surface area (Å²) in [4.78, 5) is 0. The lowest BCUT2D eigenvalue weighted by Gasteiger charge is -2.32. The molecule has 1 unspecified atom stereocenters. The van der Waals surface area contributed by atoms with Gasteiger partial charge in [0.05, 0.1) is 22.4 Å². The molecule has 2 atom stereocenters. The largest absolute Gasteiger partial charge is 0.494 e. The van der Waals surface area contributed by atoms with E-state index in [-0.39, 0.29) is 42.6 Å². The third-order valence-electron chi connectivity index (χ3n) is 8.90. The number of fused-ring (bicyclic) bond motifs is 3. The lowest BCUT2D eigenvalue weighted by Crippen LogP contribution is -2.41. The first kappa shape index (κ1) is 24.1.